The van der Waals surface area contributed by atoms with Crippen molar-refractivity contribution in [3.8, 4) is 0 Å². The third-order valence-electron chi connectivity index (χ3n) is 2.34. The van der Waals surface area contributed by atoms with Crippen LogP contribution in [0, 0.1) is 6.92 Å². The zero-order chi connectivity index (χ0) is 12.3. The monoisotopic (exact) mass is 225 g/mol. The summed E-state index contributed by atoms with van der Waals surface area (Å²) in [6.07, 6.45) is 1.79. The molecule has 0 spiro atoms. The number of hydrogen-bond acceptors (Lipinski definition) is 4. The summed E-state index contributed by atoms with van der Waals surface area (Å²) < 4.78 is 1.70. The molecule has 7 heteroatoms. The van der Waals surface area contributed by atoms with E-state index in [-0.39, 0.29) is 12.3 Å². The average Bonchev–Trinajstić information content (AvgIpc) is 2.53. The lowest BCUT2D eigenvalue weighted by molar-refractivity contribution is -0.120. The highest BCUT2D eigenvalue weighted by atomic mass is 16.2. The molecule has 6 N–H and O–H groups in total. The van der Waals surface area contributed by atoms with Gasteiger partial charge < -0.3 is 4.57 Å². The number of nitrogens with two attached hydrogens (primary N) is 2. The number of amides is 2. The average molecular weight is 225 g/mol. The highest BCUT2D eigenvalue weighted by Crippen LogP contribution is 2.16. The van der Waals surface area contributed by atoms with Gasteiger partial charge in [0.25, 0.3) is 5.91 Å². The van der Waals surface area contributed by atoms with Crippen molar-refractivity contribution in [1.29, 1.82) is 0 Å². The number of rotatable bonds is 3. The van der Waals surface area contributed by atoms with Gasteiger partial charge in [0.05, 0.1) is 12.0 Å². The van der Waals surface area contributed by atoms with Gasteiger partial charge in [0.2, 0.25) is 5.91 Å². The molecule has 88 valence electrons. The fraction of sp³-hybridized carbons (Fsp3) is 0.333. The van der Waals surface area contributed by atoms with Crippen LogP contribution in [-0.4, -0.2) is 16.4 Å². The van der Waals surface area contributed by atoms with Crippen LogP contribution in [0.1, 0.15) is 21.6 Å². The molecule has 1 heterocycles. The van der Waals surface area contributed by atoms with E-state index < -0.39 is 5.91 Å². The molecule has 16 heavy (non-hydrogen) atoms. The standard InChI is InChI=1S/C9H15N5O2/c1-5-4-14(2)6(3-7(15)12-10)8(5)9(16)13-11/h4H,3,10-11H2,1-2H3,(H,12,15)(H,13,16). The molecule has 0 aliphatic rings. The molecule has 7 nitrogen and oxygen atoms in total. The molecule has 0 saturated heterocycles. The van der Waals surface area contributed by atoms with E-state index in [0.29, 0.717) is 11.3 Å². The first-order valence-corrected chi connectivity index (χ1v) is 4.66. The molecule has 0 aliphatic carbocycles. The smallest absolute Gasteiger partial charge is 0.267 e. The molecule has 1 rings (SSSR count). The number of hydrogen-bond donors (Lipinski definition) is 4. The number of hydrazine groups is 2. The number of carbonyl (C=O) groups excluding carboxylic acids is 2. The van der Waals surface area contributed by atoms with Crippen LogP contribution in [0.3, 0.4) is 0 Å². The summed E-state index contributed by atoms with van der Waals surface area (Å²) in [6, 6.07) is 0. The van der Waals surface area contributed by atoms with Crippen molar-refractivity contribution in [3.05, 3.63) is 23.0 Å². The topological polar surface area (TPSA) is 115 Å². The molecule has 2 amide bonds. The molecular weight excluding hydrogens is 210 g/mol. The Morgan fingerprint density at radius 2 is 2.00 bits per heavy atom. The molecule has 0 bridgehead atoms. The van der Waals surface area contributed by atoms with Gasteiger partial charge in [-0.3, -0.25) is 20.4 Å². The van der Waals surface area contributed by atoms with E-state index in [1.54, 1.807) is 24.7 Å². The maximum Gasteiger partial charge on any atom is 0.267 e. The molecule has 0 aromatic carbocycles. The first-order chi connectivity index (χ1) is 7.51. The number of carbonyl (C=O) groups is 2. The Bertz CT molecular complexity index is 424. The number of aryl methyl sites for hydroxylation is 2. The molecule has 1 aromatic rings. The zero-order valence-electron chi connectivity index (χ0n) is 9.20. The summed E-state index contributed by atoms with van der Waals surface area (Å²) in [5.41, 5.74) is 5.81. The third-order valence-corrected chi connectivity index (χ3v) is 2.34. The lowest BCUT2D eigenvalue weighted by Gasteiger charge is -2.06. The van der Waals surface area contributed by atoms with E-state index >= 15 is 0 Å². The third kappa shape index (κ3) is 2.20. The van der Waals surface area contributed by atoms with Gasteiger partial charge in [0.15, 0.2) is 0 Å². The molecule has 0 fully saturated rings. The Morgan fingerprint density at radius 3 is 2.50 bits per heavy atom. The lowest BCUT2D eigenvalue weighted by atomic mass is 10.1. The summed E-state index contributed by atoms with van der Waals surface area (Å²) in [5.74, 6) is 9.29. The summed E-state index contributed by atoms with van der Waals surface area (Å²) in [6.45, 7) is 1.77. The Hall–Kier alpha value is -1.86. The molecular formula is C9H15N5O2. The van der Waals surface area contributed by atoms with Crippen LogP contribution in [0.25, 0.3) is 0 Å². The molecule has 0 saturated carbocycles. The van der Waals surface area contributed by atoms with Gasteiger partial charge in [-0.2, -0.15) is 0 Å². The van der Waals surface area contributed by atoms with Crippen molar-refractivity contribution in [1.82, 2.24) is 15.4 Å². The van der Waals surface area contributed by atoms with Crippen LogP contribution in [-0.2, 0) is 18.3 Å². The minimum absolute atomic E-state index is 0.0313. The zero-order valence-corrected chi connectivity index (χ0v) is 9.20. The van der Waals surface area contributed by atoms with E-state index in [1.807, 2.05) is 5.43 Å². The van der Waals surface area contributed by atoms with Crippen LogP contribution in [0.4, 0.5) is 0 Å². The van der Waals surface area contributed by atoms with E-state index in [2.05, 4.69) is 5.43 Å². The van der Waals surface area contributed by atoms with Crippen LogP contribution in [0.15, 0.2) is 6.20 Å². The van der Waals surface area contributed by atoms with Crippen molar-refractivity contribution in [2.75, 3.05) is 0 Å². The van der Waals surface area contributed by atoms with E-state index in [0.717, 1.165) is 5.56 Å². The highest BCUT2D eigenvalue weighted by Gasteiger charge is 2.19. The van der Waals surface area contributed by atoms with Crippen molar-refractivity contribution >= 4 is 11.8 Å². The molecule has 0 atom stereocenters. The Kier molecular flexibility index (Phi) is 3.64. The summed E-state index contributed by atoms with van der Waals surface area (Å²) >= 11 is 0. The van der Waals surface area contributed by atoms with E-state index in [9.17, 15) is 9.59 Å². The molecule has 0 unspecified atom stereocenters. The normalized spacial score (nSPS) is 10.0. The largest absolute Gasteiger partial charge is 0.353 e. The number of nitrogen functional groups attached to an aromatic ring is 1. The summed E-state index contributed by atoms with van der Waals surface area (Å²) in [4.78, 5) is 22.7. The van der Waals surface area contributed by atoms with Gasteiger partial charge in [-0.1, -0.05) is 0 Å². The van der Waals surface area contributed by atoms with Gasteiger partial charge in [-0.25, -0.2) is 11.7 Å². The van der Waals surface area contributed by atoms with Crippen molar-refractivity contribution in [2.45, 2.75) is 13.3 Å². The fourth-order valence-corrected chi connectivity index (χ4v) is 1.64. The van der Waals surface area contributed by atoms with Crippen molar-refractivity contribution in [3.63, 3.8) is 0 Å². The number of aromatic nitrogens is 1. The first-order valence-electron chi connectivity index (χ1n) is 4.66. The minimum Gasteiger partial charge on any atom is -0.353 e. The Morgan fingerprint density at radius 1 is 1.38 bits per heavy atom. The predicted molar refractivity (Wildman–Crippen MR) is 57.8 cm³/mol. The predicted octanol–water partition coefficient (Wildman–Crippen LogP) is -1.53. The SMILES string of the molecule is Cc1cn(C)c(CC(=O)NN)c1C(=O)NN. The van der Waals surface area contributed by atoms with Crippen LogP contribution in [0.2, 0.25) is 0 Å². The summed E-state index contributed by atoms with van der Waals surface area (Å²) in [5, 5.41) is 0. The number of nitrogens with one attached hydrogen (secondary N) is 2. The van der Waals surface area contributed by atoms with Gasteiger partial charge in [-0.05, 0) is 12.5 Å². The second-order valence-corrected chi connectivity index (χ2v) is 3.46. The van der Waals surface area contributed by atoms with Gasteiger partial charge in [0, 0.05) is 18.9 Å². The second kappa shape index (κ2) is 4.77. The van der Waals surface area contributed by atoms with Gasteiger partial charge >= 0.3 is 0 Å². The van der Waals surface area contributed by atoms with Crippen LogP contribution < -0.4 is 22.5 Å². The summed E-state index contributed by atoms with van der Waals surface area (Å²) in [7, 11) is 1.75. The first kappa shape index (κ1) is 12.2. The fourth-order valence-electron chi connectivity index (χ4n) is 1.64. The molecule has 0 aliphatic heterocycles. The lowest BCUT2D eigenvalue weighted by Crippen LogP contribution is -2.34. The van der Waals surface area contributed by atoms with E-state index in [1.165, 1.54) is 0 Å². The Balaban J connectivity index is 3.15. The number of nitrogens with zero attached hydrogens (tertiary/aromatic N) is 1. The quantitative estimate of drug-likeness (QED) is 0.284. The van der Waals surface area contributed by atoms with Crippen LogP contribution in [0.5, 0.6) is 0 Å². The maximum absolute atomic E-state index is 11.5. The molecule has 1 aromatic heterocycles. The Labute approximate surface area is 92.7 Å². The second-order valence-electron chi connectivity index (χ2n) is 3.46. The van der Waals surface area contributed by atoms with E-state index in [4.69, 9.17) is 11.7 Å². The van der Waals surface area contributed by atoms with Crippen molar-refractivity contribution in [2.24, 2.45) is 18.7 Å². The van der Waals surface area contributed by atoms with Gasteiger partial charge in [-0.15, -0.1) is 0 Å². The highest BCUT2D eigenvalue weighted by molar-refractivity contribution is 5.97. The van der Waals surface area contributed by atoms with Crippen LogP contribution >= 0.6 is 0 Å². The van der Waals surface area contributed by atoms with Crippen molar-refractivity contribution < 1.29 is 9.59 Å². The minimum atomic E-state index is -0.419. The van der Waals surface area contributed by atoms with Gasteiger partial charge in [0.1, 0.15) is 0 Å². The molecule has 0 radical (unpaired) electrons. The maximum atomic E-state index is 11.5.